The Labute approximate surface area is 105 Å². The number of fused-ring (bicyclic) bond motifs is 1. The van der Waals surface area contributed by atoms with E-state index in [1.807, 2.05) is 0 Å². The van der Waals surface area contributed by atoms with E-state index in [0.717, 1.165) is 0 Å². The Balaban J connectivity index is 1.90. The second kappa shape index (κ2) is 3.82. The van der Waals surface area contributed by atoms with Crippen LogP contribution >= 0.6 is 11.8 Å². The minimum atomic E-state index is -0.581. The molecule has 0 saturated carbocycles. The molecule has 1 aromatic heterocycles. The van der Waals surface area contributed by atoms with E-state index in [2.05, 4.69) is 4.98 Å². The lowest BCUT2D eigenvalue weighted by atomic mass is 10.0. The van der Waals surface area contributed by atoms with E-state index >= 15 is 0 Å². The van der Waals surface area contributed by atoms with Gasteiger partial charge in [-0.2, -0.15) is 4.57 Å². The van der Waals surface area contributed by atoms with Crippen molar-refractivity contribution in [3.63, 3.8) is 0 Å². The average Bonchev–Trinajstić information content (AvgIpc) is 2.93. The molecule has 1 N–H and O–H groups in total. The lowest BCUT2D eigenvalue weighted by Crippen LogP contribution is -2.55. The van der Waals surface area contributed by atoms with Gasteiger partial charge in [0, 0.05) is 0 Å². The number of nitrogens with zero attached hydrogens (tertiary/aromatic N) is 4. The highest BCUT2D eigenvalue weighted by Crippen LogP contribution is 2.47. The zero-order chi connectivity index (χ0) is 12.9. The Morgan fingerprint density at radius 1 is 1.61 bits per heavy atom. The number of imidazole rings is 1. The molecule has 1 fully saturated rings. The Bertz CT molecular complexity index is 569. The van der Waals surface area contributed by atoms with Crippen LogP contribution in [-0.2, 0) is 4.79 Å². The van der Waals surface area contributed by atoms with Gasteiger partial charge in [0.2, 0.25) is 5.91 Å². The molecule has 3 rings (SSSR count). The monoisotopic (exact) mass is 268 g/mol. The van der Waals surface area contributed by atoms with Crippen LogP contribution in [0.25, 0.3) is 5.03 Å². The van der Waals surface area contributed by atoms with Crippen LogP contribution in [0, 0.1) is 16.0 Å². The Kier molecular flexibility index (Phi) is 2.38. The molecule has 0 spiro atoms. The van der Waals surface area contributed by atoms with Crippen LogP contribution in [-0.4, -0.2) is 42.4 Å². The molecule has 0 aliphatic carbocycles. The van der Waals surface area contributed by atoms with E-state index in [1.165, 1.54) is 33.6 Å². The Hall–Kier alpha value is -1.87. The van der Waals surface area contributed by atoms with Crippen LogP contribution in [0.3, 0.4) is 0 Å². The molecule has 8 nitrogen and oxygen atoms in total. The first-order chi connectivity index (χ1) is 8.63. The molecule has 0 bridgehead atoms. The zero-order valence-corrected chi connectivity index (χ0v) is 9.78. The predicted molar refractivity (Wildman–Crippen MR) is 62.0 cm³/mol. The molecular formula is C9H8N4O4S. The molecule has 1 amide bonds. The number of thioether (sulfide) groups is 1. The van der Waals surface area contributed by atoms with Gasteiger partial charge in [-0.05, 0) is 4.92 Å². The number of hydrogen-bond donors (Lipinski definition) is 1. The molecule has 0 aromatic carbocycles. The maximum Gasteiger partial charge on any atom is 0.440 e. The molecule has 2 aliphatic rings. The number of hydrogen-bond acceptors (Lipinski definition) is 6. The highest BCUT2D eigenvalue weighted by atomic mass is 32.2. The minimum absolute atomic E-state index is 0.159. The largest absolute Gasteiger partial charge is 0.440 e. The van der Waals surface area contributed by atoms with Crippen molar-refractivity contribution in [1.29, 1.82) is 0 Å². The topological polar surface area (TPSA) is 101 Å². The van der Waals surface area contributed by atoms with Crippen molar-refractivity contribution in [2.75, 3.05) is 6.61 Å². The summed E-state index contributed by atoms with van der Waals surface area (Å²) in [6.45, 7) is -0.208. The standard InChI is InChI=1S/C9H8N4O4S/c14-4-5-7(15)12-3-6(18-8(5)12)11-2-1-10-9(11)13(16)17/h1-3,5,8,14H,4H2/t5-,8+/m0/s1. The number of carbonyl (C=O) groups is 1. The summed E-state index contributed by atoms with van der Waals surface area (Å²) in [6.07, 6.45) is 4.36. The van der Waals surface area contributed by atoms with E-state index in [1.54, 1.807) is 6.20 Å². The molecule has 9 heteroatoms. The van der Waals surface area contributed by atoms with Gasteiger partial charge in [-0.1, -0.05) is 16.7 Å². The predicted octanol–water partition coefficient (Wildman–Crippen LogP) is 0.0708. The molecule has 18 heavy (non-hydrogen) atoms. The van der Waals surface area contributed by atoms with E-state index in [4.69, 9.17) is 5.11 Å². The quantitative estimate of drug-likeness (QED) is 0.473. The fourth-order valence-corrected chi connectivity index (χ4v) is 3.31. The summed E-state index contributed by atoms with van der Waals surface area (Å²) >= 11 is 1.31. The lowest BCUT2D eigenvalue weighted by molar-refractivity contribution is -0.395. The van der Waals surface area contributed by atoms with Gasteiger partial charge in [0.15, 0.2) is 5.03 Å². The number of nitro groups is 1. The van der Waals surface area contributed by atoms with Gasteiger partial charge in [-0.3, -0.25) is 4.79 Å². The third-order valence-corrected chi connectivity index (χ3v) is 4.24. The fourth-order valence-electron chi connectivity index (χ4n) is 1.99. The number of carbonyl (C=O) groups excluding carboxylic acids is 1. The summed E-state index contributed by atoms with van der Waals surface area (Å²) in [5, 5.41) is 20.2. The summed E-state index contributed by atoms with van der Waals surface area (Å²) < 4.78 is 1.32. The third-order valence-electron chi connectivity index (χ3n) is 2.90. The SMILES string of the molecule is O=C1[C@H](CO)[C@H]2SC(n3ccnc3[N+](=O)[O-])=CN12. The maximum atomic E-state index is 11.6. The average molecular weight is 268 g/mol. The summed E-state index contributed by atoms with van der Waals surface area (Å²) in [4.78, 5) is 26.9. The molecular weight excluding hydrogens is 260 g/mol. The van der Waals surface area contributed by atoms with Crippen molar-refractivity contribution in [3.8, 4) is 0 Å². The minimum Gasteiger partial charge on any atom is -0.395 e. The smallest absolute Gasteiger partial charge is 0.395 e. The number of rotatable bonds is 3. The van der Waals surface area contributed by atoms with Gasteiger partial charge in [0.25, 0.3) is 0 Å². The van der Waals surface area contributed by atoms with Crippen molar-refractivity contribution in [2.24, 2.45) is 5.92 Å². The molecule has 2 atom stereocenters. The maximum absolute atomic E-state index is 11.6. The van der Waals surface area contributed by atoms with Gasteiger partial charge in [0.1, 0.15) is 17.8 Å². The first kappa shape index (κ1) is 11.2. The van der Waals surface area contributed by atoms with Crippen LogP contribution in [0.4, 0.5) is 5.95 Å². The number of aromatic nitrogens is 2. The van der Waals surface area contributed by atoms with E-state index in [-0.39, 0.29) is 23.8 Å². The van der Waals surface area contributed by atoms with Crippen LogP contribution in [0.5, 0.6) is 0 Å². The highest BCUT2D eigenvalue weighted by molar-refractivity contribution is 8.08. The van der Waals surface area contributed by atoms with Crippen LogP contribution in [0.1, 0.15) is 0 Å². The van der Waals surface area contributed by atoms with Gasteiger partial charge in [-0.25, -0.2) is 0 Å². The van der Waals surface area contributed by atoms with Gasteiger partial charge < -0.3 is 20.1 Å². The van der Waals surface area contributed by atoms with Crippen molar-refractivity contribution in [1.82, 2.24) is 14.5 Å². The first-order valence-corrected chi connectivity index (χ1v) is 6.01. The van der Waals surface area contributed by atoms with Crippen LogP contribution < -0.4 is 0 Å². The van der Waals surface area contributed by atoms with Gasteiger partial charge in [0.05, 0.1) is 18.7 Å². The fraction of sp³-hybridized carbons (Fsp3) is 0.333. The first-order valence-electron chi connectivity index (χ1n) is 5.13. The summed E-state index contributed by atoms with van der Waals surface area (Å²) in [5.41, 5.74) is 0. The molecule has 94 valence electrons. The second-order valence-corrected chi connectivity index (χ2v) is 5.00. The Morgan fingerprint density at radius 2 is 2.39 bits per heavy atom. The summed E-state index contributed by atoms with van der Waals surface area (Å²) in [5.74, 6) is -0.872. The zero-order valence-electron chi connectivity index (χ0n) is 8.96. The third kappa shape index (κ3) is 1.37. The molecule has 3 heterocycles. The molecule has 0 unspecified atom stereocenters. The molecule has 1 saturated heterocycles. The van der Waals surface area contributed by atoms with Crippen LogP contribution in [0.2, 0.25) is 0 Å². The normalized spacial score (nSPS) is 25.7. The van der Waals surface area contributed by atoms with Crippen molar-refractivity contribution < 1.29 is 14.8 Å². The summed E-state index contributed by atoms with van der Waals surface area (Å²) in [7, 11) is 0. The van der Waals surface area contributed by atoms with Crippen LogP contribution in [0.15, 0.2) is 18.6 Å². The Morgan fingerprint density at radius 3 is 3.06 bits per heavy atom. The van der Waals surface area contributed by atoms with Gasteiger partial charge >= 0.3 is 5.95 Å². The number of β-lactam (4-membered cyclic amide) rings is 1. The molecule has 2 aliphatic heterocycles. The molecule has 0 radical (unpaired) electrons. The van der Waals surface area contributed by atoms with E-state index in [0.29, 0.717) is 5.03 Å². The number of amides is 1. The molecule has 1 aromatic rings. The van der Waals surface area contributed by atoms with E-state index in [9.17, 15) is 14.9 Å². The van der Waals surface area contributed by atoms with Crippen molar-refractivity contribution in [3.05, 3.63) is 28.7 Å². The second-order valence-electron chi connectivity index (χ2n) is 3.86. The number of aliphatic hydroxyl groups is 1. The van der Waals surface area contributed by atoms with E-state index < -0.39 is 10.8 Å². The van der Waals surface area contributed by atoms with Crippen molar-refractivity contribution in [2.45, 2.75) is 5.37 Å². The highest BCUT2D eigenvalue weighted by Gasteiger charge is 2.51. The number of aliphatic hydroxyl groups excluding tert-OH is 1. The summed E-state index contributed by atoms with van der Waals surface area (Å²) in [6, 6.07) is 0. The van der Waals surface area contributed by atoms with Gasteiger partial charge in [-0.15, -0.1) is 0 Å². The van der Waals surface area contributed by atoms with Crippen molar-refractivity contribution >= 4 is 28.6 Å². The lowest BCUT2D eigenvalue weighted by Gasteiger charge is -2.39.